The van der Waals surface area contributed by atoms with Gasteiger partial charge in [0.15, 0.2) is 0 Å². The smallest absolute Gasteiger partial charge is 0.264 e. The molecule has 1 N–H and O–H groups in total. The molecule has 0 radical (unpaired) electrons. The van der Waals surface area contributed by atoms with Crippen molar-refractivity contribution in [1.82, 2.24) is 14.5 Å². The number of benzene rings is 3. The fourth-order valence-corrected chi connectivity index (χ4v) is 5.21. The lowest BCUT2D eigenvalue weighted by Gasteiger charge is -2.16. The van der Waals surface area contributed by atoms with Crippen molar-refractivity contribution >= 4 is 26.9 Å². The van der Waals surface area contributed by atoms with Gasteiger partial charge >= 0.3 is 0 Å². The van der Waals surface area contributed by atoms with Gasteiger partial charge in [-0.1, -0.05) is 18.2 Å². The highest BCUT2D eigenvalue weighted by atomic mass is 32.2. The minimum absolute atomic E-state index is 0.0123. The molecule has 10 heteroatoms. The lowest BCUT2D eigenvalue weighted by molar-refractivity contribution is 0.411. The quantitative estimate of drug-likeness (QED) is 0.329. The highest BCUT2D eigenvalue weighted by molar-refractivity contribution is 7.92. The van der Waals surface area contributed by atoms with Crippen LogP contribution in [0, 0.1) is 6.92 Å². The topological polar surface area (TPSA) is 112 Å². The molecule has 9 nitrogen and oxygen atoms in total. The van der Waals surface area contributed by atoms with Crippen LogP contribution in [0.25, 0.3) is 27.7 Å². The molecule has 38 heavy (non-hydrogen) atoms. The number of anilines is 1. The summed E-state index contributed by atoms with van der Waals surface area (Å²) < 4.78 is 40.8. The summed E-state index contributed by atoms with van der Waals surface area (Å²) in [6, 6.07) is 20.6. The molecule has 192 valence electrons. The number of pyridine rings is 1. The summed E-state index contributed by atoms with van der Waals surface area (Å²) >= 11 is 0. The minimum Gasteiger partial charge on any atom is -0.496 e. The van der Waals surface area contributed by atoms with Crippen LogP contribution >= 0.6 is 0 Å². The molecule has 5 rings (SSSR count). The molecular weight excluding hydrogens is 504 g/mol. The maximum atomic E-state index is 13.0. The zero-order valence-electron chi connectivity index (χ0n) is 20.9. The van der Waals surface area contributed by atoms with E-state index in [0.717, 1.165) is 22.4 Å². The van der Waals surface area contributed by atoms with Crippen molar-refractivity contribution in [3.8, 4) is 28.3 Å². The van der Waals surface area contributed by atoms with Crippen molar-refractivity contribution < 1.29 is 17.9 Å². The van der Waals surface area contributed by atoms with Crippen molar-refractivity contribution in [2.75, 3.05) is 18.9 Å². The van der Waals surface area contributed by atoms with Gasteiger partial charge in [0.25, 0.3) is 15.6 Å². The van der Waals surface area contributed by atoms with Crippen LogP contribution in [0.4, 0.5) is 5.95 Å². The largest absolute Gasteiger partial charge is 0.496 e. The number of methoxy groups -OCH3 is 2. The average molecular weight is 529 g/mol. The zero-order valence-corrected chi connectivity index (χ0v) is 21.7. The van der Waals surface area contributed by atoms with E-state index in [0.29, 0.717) is 22.3 Å². The number of nitrogens with one attached hydrogen (secondary N) is 1. The van der Waals surface area contributed by atoms with Gasteiger partial charge in [-0.05, 0) is 72.1 Å². The van der Waals surface area contributed by atoms with Gasteiger partial charge in [0, 0.05) is 23.8 Å². The van der Waals surface area contributed by atoms with Crippen LogP contribution in [0.1, 0.15) is 5.56 Å². The molecule has 2 aromatic heterocycles. The van der Waals surface area contributed by atoms with Gasteiger partial charge in [-0.2, -0.15) is 0 Å². The molecule has 0 fully saturated rings. The fourth-order valence-electron chi connectivity index (χ4n) is 4.21. The van der Waals surface area contributed by atoms with E-state index < -0.39 is 10.0 Å². The van der Waals surface area contributed by atoms with Crippen molar-refractivity contribution in [3.05, 3.63) is 101 Å². The van der Waals surface area contributed by atoms with Crippen LogP contribution < -0.4 is 19.8 Å². The molecule has 0 saturated carbocycles. The Kier molecular flexibility index (Phi) is 6.56. The van der Waals surface area contributed by atoms with E-state index in [2.05, 4.69) is 14.7 Å². The second-order valence-electron chi connectivity index (χ2n) is 8.48. The zero-order chi connectivity index (χ0) is 26.9. The second kappa shape index (κ2) is 9.98. The summed E-state index contributed by atoms with van der Waals surface area (Å²) in [5.74, 6) is 1.22. The van der Waals surface area contributed by atoms with Crippen LogP contribution in [-0.2, 0) is 10.0 Å². The van der Waals surface area contributed by atoms with Crippen LogP contribution in [0.2, 0.25) is 0 Å². The molecule has 2 heterocycles. The molecule has 0 spiro atoms. The first kappa shape index (κ1) is 25.0. The van der Waals surface area contributed by atoms with Crippen molar-refractivity contribution in [2.45, 2.75) is 11.8 Å². The van der Waals surface area contributed by atoms with Crippen LogP contribution in [0.15, 0.2) is 94.9 Å². The lowest BCUT2D eigenvalue weighted by Crippen LogP contribution is -2.19. The van der Waals surface area contributed by atoms with E-state index in [1.54, 1.807) is 31.4 Å². The third kappa shape index (κ3) is 4.69. The maximum absolute atomic E-state index is 13.0. The number of aromatic nitrogens is 3. The second-order valence-corrected chi connectivity index (χ2v) is 10.2. The molecule has 3 aromatic carbocycles. The Labute approximate surface area is 219 Å². The standard InChI is InChI=1S/C28H24N4O5S/c1-18-5-6-19(16-25(18)36-2)20-7-10-24(26(17-20)37-3)32-23-11-9-22(15-21(23)8-12-27(32)33)38(34,35)31-28-29-13-4-14-30-28/h4-17H,1-3H3,(H,29,30,31). The SMILES string of the molecule is COc1cc(-c2ccc(-n3c(=O)ccc4cc(S(=O)(=O)Nc5ncccn5)ccc43)c(OC)c2)ccc1C. The van der Waals surface area contributed by atoms with Gasteiger partial charge < -0.3 is 9.47 Å². The number of fused-ring (bicyclic) bond motifs is 1. The Morgan fingerprint density at radius 2 is 1.50 bits per heavy atom. The van der Waals surface area contributed by atoms with Crippen molar-refractivity contribution in [1.29, 1.82) is 0 Å². The van der Waals surface area contributed by atoms with Gasteiger partial charge in [-0.15, -0.1) is 0 Å². The number of hydrogen-bond donors (Lipinski definition) is 1. The molecule has 5 aromatic rings. The summed E-state index contributed by atoms with van der Waals surface area (Å²) in [5, 5.41) is 0.552. The summed E-state index contributed by atoms with van der Waals surface area (Å²) in [6.45, 7) is 1.97. The van der Waals surface area contributed by atoms with E-state index in [-0.39, 0.29) is 16.4 Å². The molecule has 0 bridgehead atoms. The minimum atomic E-state index is -3.95. The Morgan fingerprint density at radius 1 is 0.816 bits per heavy atom. The summed E-state index contributed by atoms with van der Waals surface area (Å²) in [7, 11) is -0.780. The number of aryl methyl sites for hydroxylation is 1. The van der Waals surface area contributed by atoms with E-state index in [9.17, 15) is 13.2 Å². The van der Waals surface area contributed by atoms with E-state index >= 15 is 0 Å². The van der Waals surface area contributed by atoms with E-state index in [4.69, 9.17) is 9.47 Å². The first-order valence-electron chi connectivity index (χ1n) is 11.6. The molecule has 0 unspecified atom stereocenters. The molecule has 0 amide bonds. The number of hydrogen-bond acceptors (Lipinski definition) is 7. The van der Waals surface area contributed by atoms with Gasteiger partial charge in [-0.3, -0.25) is 9.36 Å². The van der Waals surface area contributed by atoms with Crippen molar-refractivity contribution in [2.24, 2.45) is 0 Å². The molecular formula is C28H24N4O5S. The third-order valence-electron chi connectivity index (χ3n) is 6.13. The third-order valence-corrected chi connectivity index (χ3v) is 7.46. The van der Waals surface area contributed by atoms with Crippen LogP contribution in [-0.4, -0.2) is 37.2 Å². The fraction of sp³-hybridized carbons (Fsp3) is 0.107. The number of rotatable bonds is 7. The number of sulfonamides is 1. The molecule has 0 saturated heterocycles. The Bertz CT molecular complexity index is 1820. The van der Waals surface area contributed by atoms with E-state index in [1.165, 1.54) is 42.3 Å². The molecule has 0 atom stereocenters. The van der Waals surface area contributed by atoms with Gasteiger partial charge in [0.05, 0.1) is 30.3 Å². The van der Waals surface area contributed by atoms with Crippen molar-refractivity contribution in [3.63, 3.8) is 0 Å². The Balaban J connectivity index is 1.59. The highest BCUT2D eigenvalue weighted by Crippen LogP contribution is 2.33. The van der Waals surface area contributed by atoms with Crippen LogP contribution in [0.3, 0.4) is 0 Å². The summed E-state index contributed by atoms with van der Waals surface area (Å²) in [4.78, 5) is 20.9. The lowest BCUT2D eigenvalue weighted by atomic mass is 10.0. The number of ether oxygens (including phenoxy) is 2. The first-order valence-corrected chi connectivity index (χ1v) is 13.1. The molecule has 0 aliphatic rings. The maximum Gasteiger partial charge on any atom is 0.264 e. The van der Waals surface area contributed by atoms with Gasteiger partial charge in [-0.25, -0.2) is 23.1 Å². The van der Waals surface area contributed by atoms with E-state index in [1.807, 2.05) is 37.3 Å². The summed E-state index contributed by atoms with van der Waals surface area (Å²) in [5.41, 5.74) is 3.61. The Morgan fingerprint density at radius 3 is 2.21 bits per heavy atom. The number of nitrogens with zero attached hydrogens (tertiary/aromatic N) is 3. The molecule has 0 aliphatic carbocycles. The predicted octanol–water partition coefficient (Wildman–Crippen LogP) is 4.57. The normalized spacial score (nSPS) is 11.3. The highest BCUT2D eigenvalue weighted by Gasteiger charge is 2.18. The molecule has 0 aliphatic heterocycles. The monoisotopic (exact) mass is 528 g/mol. The average Bonchev–Trinajstić information content (AvgIpc) is 2.93. The van der Waals surface area contributed by atoms with Crippen LogP contribution in [0.5, 0.6) is 11.5 Å². The first-order chi connectivity index (χ1) is 18.3. The van der Waals surface area contributed by atoms with Gasteiger partial charge in [0.2, 0.25) is 5.95 Å². The predicted molar refractivity (Wildman–Crippen MR) is 146 cm³/mol. The Hall–Kier alpha value is -4.70. The van der Waals surface area contributed by atoms with Gasteiger partial charge in [0.1, 0.15) is 11.5 Å². The summed E-state index contributed by atoms with van der Waals surface area (Å²) in [6.07, 6.45) is 2.88.